The quantitative estimate of drug-likeness (QED) is 0.716. The Morgan fingerprint density at radius 3 is 2.74 bits per heavy atom. The number of methoxy groups -OCH3 is 1. The maximum Gasteiger partial charge on any atom is 0.159 e. The number of rotatable bonds is 6. The van der Waals surface area contributed by atoms with Gasteiger partial charge in [0.25, 0.3) is 0 Å². The number of aryl methyl sites for hydroxylation is 1. The van der Waals surface area contributed by atoms with Crippen LogP contribution in [0.1, 0.15) is 50.3 Å². The third-order valence-electron chi connectivity index (χ3n) is 4.82. The lowest BCUT2D eigenvalue weighted by Crippen LogP contribution is -2.16. The van der Waals surface area contributed by atoms with Crippen LogP contribution in [-0.2, 0) is 12.8 Å². The molecule has 1 aliphatic carbocycles. The molecule has 3 rings (SSSR count). The van der Waals surface area contributed by atoms with Crippen molar-refractivity contribution >= 4 is 0 Å². The summed E-state index contributed by atoms with van der Waals surface area (Å²) in [5.41, 5.74) is 3.66. The van der Waals surface area contributed by atoms with Gasteiger partial charge in [0.05, 0.1) is 7.11 Å². The summed E-state index contributed by atoms with van der Waals surface area (Å²) in [5.74, 6) is 2.52. The normalized spacial score (nSPS) is 16.9. The van der Waals surface area contributed by atoms with E-state index in [0.717, 1.165) is 35.9 Å². The molecule has 0 saturated carbocycles. The highest BCUT2D eigenvalue weighted by Gasteiger charge is 2.20. The van der Waals surface area contributed by atoms with Crippen LogP contribution in [0.4, 0.5) is 0 Å². The molecule has 3 heteroatoms. The predicted molar refractivity (Wildman–Crippen MR) is 93.7 cm³/mol. The van der Waals surface area contributed by atoms with Crippen molar-refractivity contribution in [3.63, 3.8) is 0 Å². The van der Waals surface area contributed by atoms with Crippen LogP contribution in [0.3, 0.4) is 0 Å². The molecule has 0 aliphatic heterocycles. The fraction of sp³-hybridized carbons (Fsp3) is 0.500. The standard InChI is InChI=1S/C20H26N2O/c1-3-4-5-6-15-7-12-19-17(13-15)14-21-20(22-19)16-8-10-18(23-2)11-9-16/h8-11,14-15H,3-7,12-13H2,1-2H3. The summed E-state index contributed by atoms with van der Waals surface area (Å²) < 4.78 is 5.21. The summed E-state index contributed by atoms with van der Waals surface area (Å²) in [4.78, 5) is 9.41. The minimum absolute atomic E-state index is 0.824. The van der Waals surface area contributed by atoms with Gasteiger partial charge in [-0.15, -0.1) is 0 Å². The molecule has 0 saturated heterocycles. The lowest BCUT2D eigenvalue weighted by molar-refractivity contribution is 0.403. The summed E-state index contributed by atoms with van der Waals surface area (Å²) in [6.45, 7) is 2.27. The van der Waals surface area contributed by atoms with Gasteiger partial charge in [0, 0.05) is 17.5 Å². The zero-order valence-electron chi connectivity index (χ0n) is 14.2. The molecule has 1 aromatic heterocycles. The number of ether oxygens (including phenoxy) is 1. The molecule has 1 aromatic carbocycles. The van der Waals surface area contributed by atoms with E-state index in [1.54, 1.807) is 7.11 Å². The SMILES string of the molecule is CCCCCC1CCc2nc(-c3ccc(OC)cc3)ncc2C1. The van der Waals surface area contributed by atoms with Crippen molar-refractivity contribution in [3.8, 4) is 17.1 Å². The average Bonchev–Trinajstić information content (AvgIpc) is 2.61. The number of hydrogen-bond acceptors (Lipinski definition) is 3. The first-order valence-electron chi connectivity index (χ1n) is 8.79. The van der Waals surface area contributed by atoms with Crippen molar-refractivity contribution in [3.05, 3.63) is 41.7 Å². The molecule has 0 fully saturated rings. The highest BCUT2D eigenvalue weighted by molar-refractivity contribution is 5.56. The van der Waals surface area contributed by atoms with Gasteiger partial charge in [0.1, 0.15) is 5.75 Å². The smallest absolute Gasteiger partial charge is 0.159 e. The van der Waals surface area contributed by atoms with Gasteiger partial charge in [-0.1, -0.05) is 32.6 Å². The molecule has 1 atom stereocenters. The van der Waals surface area contributed by atoms with E-state index in [1.807, 2.05) is 30.5 Å². The van der Waals surface area contributed by atoms with Crippen molar-refractivity contribution < 1.29 is 4.74 Å². The number of hydrogen-bond donors (Lipinski definition) is 0. The van der Waals surface area contributed by atoms with E-state index in [1.165, 1.54) is 43.4 Å². The van der Waals surface area contributed by atoms with Crippen LogP contribution in [0.2, 0.25) is 0 Å². The Labute approximate surface area is 139 Å². The van der Waals surface area contributed by atoms with Crippen molar-refractivity contribution in [2.24, 2.45) is 5.92 Å². The number of fused-ring (bicyclic) bond motifs is 1. The molecule has 1 heterocycles. The Balaban J connectivity index is 1.71. The fourth-order valence-corrected chi connectivity index (χ4v) is 3.39. The second-order valence-corrected chi connectivity index (χ2v) is 6.50. The van der Waals surface area contributed by atoms with E-state index in [2.05, 4.69) is 11.9 Å². The van der Waals surface area contributed by atoms with Gasteiger partial charge in [-0.2, -0.15) is 0 Å². The molecule has 0 N–H and O–H groups in total. The average molecular weight is 310 g/mol. The molecule has 0 spiro atoms. The minimum Gasteiger partial charge on any atom is -0.497 e. The molecule has 0 bridgehead atoms. The molecular formula is C20H26N2O. The third-order valence-corrected chi connectivity index (χ3v) is 4.82. The summed E-state index contributed by atoms with van der Waals surface area (Å²) in [6, 6.07) is 7.97. The Hall–Kier alpha value is -1.90. The van der Waals surface area contributed by atoms with Crippen LogP contribution >= 0.6 is 0 Å². The molecule has 2 aromatic rings. The summed E-state index contributed by atoms with van der Waals surface area (Å²) in [6.07, 6.45) is 11.0. The van der Waals surface area contributed by atoms with Gasteiger partial charge in [-0.25, -0.2) is 9.97 Å². The number of aromatic nitrogens is 2. The van der Waals surface area contributed by atoms with Crippen LogP contribution < -0.4 is 4.74 Å². The maximum absolute atomic E-state index is 5.21. The zero-order valence-corrected chi connectivity index (χ0v) is 14.2. The van der Waals surface area contributed by atoms with Crippen molar-refractivity contribution in [1.82, 2.24) is 9.97 Å². The third kappa shape index (κ3) is 3.90. The first-order chi connectivity index (χ1) is 11.3. The highest BCUT2D eigenvalue weighted by atomic mass is 16.5. The van der Waals surface area contributed by atoms with Crippen LogP contribution in [0.25, 0.3) is 11.4 Å². The molecule has 122 valence electrons. The molecule has 0 amide bonds. The zero-order chi connectivity index (χ0) is 16.1. The van der Waals surface area contributed by atoms with E-state index in [0.29, 0.717) is 0 Å². The van der Waals surface area contributed by atoms with Crippen molar-refractivity contribution in [1.29, 1.82) is 0 Å². The Kier molecular flexibility index (Phi) is 5.27. The van der Waals surface area contributed by atoms with E-state index in [-0.39, 0.29) is 0 Å². The number of nitrogens with zero attached hydrogens (tertiary/aromatic N) is 2. The molecule has 0 radical (unpaired) electrons. The number of benzene rings is 1. The highest BCUT2D eigenvalue weighted by Crippen LogP contribution is 2.29. The van der Waals surface area contributed by atoms with Crippen molar-refractivity contribution in [2.45, 2.75) is 51.9 Å². The van der Waals surface area contributed by atoms with Gasteiger partial charge in [0.2, 0.25) is 0 Å². The Morgan fingerprint density at radius 2 is 2.00 bits per heavy atom. The molecule has 1 unspecified atom stereocenters. The second kappa shape index (κ2) is 7.58. The number of unbranched alkanes of at least 4 members (excludes halogenated alkanes) is 2. The first kappa shape index (κ1) is 16.0. The van der Waals surface area contributed by atoms with Crippen LogP contribution in [0, 0.1) is 5.92 Å². The van der Waals surface area contributed by atoms with Gasteiger partial charge in [-0.05, 0) is 55.0 Å². The molecule has 23 heavy (non-hydrogen) atoms. The van der Waals surface area contributed by atoms with Crippen LogP contribution in [0.5, 0.6) is 5.75 Å². The van der Waals surface area contributed by atoms with E-state index < -0.39 is 0 Å². The van der Waals surface area contributed by atoms with E-state index >= 15 is 0 Å². The molecule has 3 nitrogen and oxygen atoms in total. The summed E-state index contributed by atoms with van der Waals surface area (Å²) >= 11 is 0. The molecule has 1 aliphatic rings. The maximum atomic E-state index is 5.21. The van der Waals surface area contributed by atoms with E-state index in [4.69, 9.17) is 9.72 Å². The van der Waals surface area contributed by atoms with Gasteiger partial charge in [0.15, 0.2) is 5.82 Å². The Morgan fingerprint density at radius 1 is 1.17 bits per heavy atom. The summed E-state index contributed by atoms with van der Waals surface area (Å²) in [5, 5.41) is 0. The van der Waals surface area contributed by atoms with Gasteiger partial charge < -0.3 is 4.74 Å². The van der Waals surface area contributed by atoms with E-state index in [9.17, 15) is 0 Å². The summed E-state index contributed by atoms with van der Waals surface area (Å²) in [7, 11) is 1.68. The lowest BCUT2D eigenvalue weighted by atomic mass is 9.84. The first-order valence-corrected chi connectivity index (χ1v) is 8.79. The fourth-order valence-electron chi connectivity index (χ4n) is 3.39. The van der Waals surface area contributed by atoms with Gasteiger partial charge >= 0.3 is 0 Å². The topological polar surface area (TPSA) is 35.0 Å². The minimum atomic E-state index is 0.824. The second-order valence-electron chi connectivity index (χ2n) is 6.50. The van der Waals surface area contributed by atoms with Crippen molar-refractivity contribution in [2.75, 3.05) is 7.11 Å². The lowest BCUT2D eigenvalue weighted by Gasteiger charge is -2.23. The predicted octanol–water partition coefficient (Wildman–Crippen LogP) is 4.84. The molecular weight excluding hydrogens is 284 g/mol. The Bertz CT molecular complexity index is 637. The van der Waals surface area contributed by atoms with Gasteiger partial charge in [-0.3, -0.25) is 0 Å². The van der Waals surface area contributed by atoms with Crippen LogP contribution in [0.15, 0.2) is 30.5 Å². The monoisotopic (exact) mass is 310 g/mol. The largest absolute Gasteiger partial charge is 0.497 e. The van der Waals surface area contributed by atoms with Crippen LogP contribution in [-0.4, -0.2) is 17.1 Å².